The summed E-state index contributed by atoms with van der Waals surface area (Å²) >= 11 is 0. The first-order valence-corrected chi connectivity index (χ1v) is 5.27. The zero-order chi connectivity index (χ0) is 12.0. The van der Waals surface area contributed by atoms with Crippen molar-refractivity contribution in [2.24, 2.45) is 10.7 Å². The van der Waals surface area contributed by atoms with Gasteiger partial charge in [0.2, 0.25) is 0 Å². The number of oxazole rings is 1. The first-order valence-electron chi connectivity index (χ1n) is 5.27. The standard InChI is InChI=1S/C11H18N4O/c1-4-6-13-11(12)14-7-9-8(3)15-10(5-2)16-9/h4H,1,5-7H2,2-3H3,(H3,12,13,14). The van der Waals surface area contributed by atoms with Crippen molar-refractivity contribution in [3.05, 3.63) is 30.0 Å². The first kappa shape index (κ1) is 12.3. The molecule has 5 nitrogen and oxygen atoms in total. The molecule has 1 aromatic rings. The van der Waals surface area contributed by atoms with E-state index in [2.05, 4.69) is 21.9 Å². The molecule has 88 valence electrons. The Bertz CT molecular complexity index is 381. The van der Waals surface area contributed by atoms with Crippen LogP contribution in [0.1, 0.15) is 24.3 Å². The van der Waals surface area contributed by atoms with Gasteiger partial charge in [0.05, 0.1) is 5.69 Å². The molecule has 0 bridgehead atoms. The fraction of sp³-hybridized carbons (Fsp3) is 0.455. The third kappa shape index (κ3) is 3.42. The Morgan fingerprint density at radius 2 is 2.44 bits per heavy atom. The molecule has 0 aliphatic carbocycles. The summed E-state index contributed by atoms with van der Waals surface area (Å²) in [5.74, 6) is 1.88. The van der Waals surface area contributed by atoms with Crippen molar-refractivity contribution < 1.29 is 4.42 Å². The smallest absolute Gasteiger partial charge is 0.194 e. The maximum Gasteiger partial charge on any atom is 0.194 e. The monoisotopic (exact) mass is 222 g/mol. The molecule has 16 heavy (non-hydrogen) atoms. The number of nitrogens with one attached hydrogen (secondary N) is 1. The van der Waals surface area contributed by atoms with E-state index in [0.717, 1.165) is 23.8 Å². The molecule has 0 aliphatic heterocycles. The number of hydrogen-bond donors (Lipinski definition) is 2. The van der Waals surface area contributed by atoms with Crippen LogP contribution in [-0.4, -0.2) is 17.5 Å². The molecule has 0 radical (unpaired) electrons. The quantitative estimate of drug-likeness (QED) is 0.445. The lowest BCUT2D eigenvalue weighted by Gasteiger charge is -2.00. The van der Waals surface area contributed by atoms with Gasteiger partial charge in [-0.25, -0.2) is 9.98 Å². The molecule has 0 unspecified atom stereocenters. The maximum atomic E-state index is 5.63. The lowest BCUT2D eigenvalue weighted by atomic mass is 10.4. The van der Waals surface area contributed by atoms with E-state index in [9.17, 15) is 0 Å². The van der Waals surface area contributed by atoms with Gasteiger partial charge in [0.15, 0.2) is 11.9 Å². The number of hydrogen-bond acceptors (Lipinski definition) is 3. The Hall–Kier alpha value is -1.78. The van der Waals surface area contributed by atoms with E-state index >= 15 is 0 Å². The Morgan fingerprint density at radius 3 is 3.00 bits per heavy atom. The van der Waals surface area contributed by atoms with E-state index in [1.54, 1.807) is 6.08 Å². The number of aryl methyl sites for hydroxylation is 2. The van der Waals surface area contributed by atoms with Gasteiger partial charge in [-0.2, -0.15) is 0 Å². The Morgan fingerprint density at radius 1 is 1.69 bits per heavy atom. The average molecular weight is 222 g/mol. The molecule has 0 aliphatic rings. The van der Waals surface area contributed by atoms with Gasteiger partial charge in [-0.05, 0) is 6.92 Å². The molecule has 1 heterocycles. The molecule has 1 rings (SSSR count). The molecule has 1 aromatic heterocycles. The van der Waals surface area contributed by atoms with Crippen LogP contribution in [0, 0.1) is 6.92 Å². The topological polar surface area (TPSA) is 76.4 Å². The van der Waals surface area contributed by atoms with Gasteiger partial charge in [-0.3, -0.25) is 0 Å². The van der Waals surface area contributed by atoms with Gasteiger partial charge >= 0.3 is 0 Å². The molecular formula is C11H18N4O. The number of nitrogens with two attached hydrogens (primary N) is 1. The Kier molecular flexibility index (Phi) is 4.57. The zero-order valence-corrected chi connectivity index (χ0v) is 9.79. The molecule has 5 heteroatoms. The summed E-state index contributed by atoms with van der Waals surface area (Å²) in [7, 11) is 0. The number of aliphatic imine (C=N–C) groups is 1. The molecule has 0 saturated carbocycles. The van der Waals surface area contributed by atoms with Crippen LogP contribution in [0.15, 0.2) is 22.1 Å². The van der Waals surface area contributed by atoms with Crippen LogP contribution in [0.5, 0.6) is 0 Å². The van der Waals surface area contributed by atoms with Crippen molar-refractivity contribution in [2.75, 3.05) is 6.54 Å². The van der Waals surface area contributed by atoms with Gasteiger partial charge in [0.1, 0.15) is 12.3 Å². The van der Waals surface area contributed by atoms with Gasteiger partial charge in [0.25, 0.3) is 0 Å². The highest BCUT2D eigenvalue weighted by atomic mass is 16.4. The van der Waals surface area contributed by atoms with Crippen LogP contribution < -0.4 is 11.1 Å². The zero-order valence-electron chi connectivity index (χ0n) is 9.79. The van der Waals surface area contributed by atoms with Crippen molar-refractivity contribution in [1.29, 1.82) is 0 Å². The van der Waals surface area contributed by atoms with Crippen molar-refractivity contribution in [1.82, 2.24) is 10.3 Å². The Labute approximate surface area is 95.5 Å². The van der Waals surface area contributed by atoms with Crippen molar-refractivity contribution in [2.45, 2.75) is 26.8 Å². The van der Waals surface area contributed by atoms with E-state index in [1.807, 2.05) is 13.8 Å². The predicted molar refractivity (Wildman–Crippen MR) is 64.1 cm³/mol. The van der Waals surface area contributed by atoms with Crippen LogP contribution in [0.2, 0.25) is 0 Å². The summed E-state index contributed by atoms with van der Waals surface area (Å²) in [4.78, 5) is 8.40. The van der Waals surface area contributed by atoms with Gasteiger partial charge in [0, 0.05) is 13.0 Å². The summed E-state index contributed by atoms with van der Waals surface area (Å²) < 4.78 is 5.50. The number of nitrogens with zero attached hydrogens (tertiary/aromatic N) is 2. The van der Waals surface area contributed by atoms with Crippen LogP contribution in [0.4, 0.5) is 0 Å². The summed E-state index contributed by atoms with van der Waals surface area (Å²) in [6.45, 7) is 8.49. The highest BCUT2D eigenvalue weighted by Crippen LogP contribution is 2.11. The van der Waals surface area contributed by atoms with Crippen LogP contribution >= 0.6 is 0 Å². The second-order valence-electron chi connectivity index (χ2n) is 3.34. The van der Waals surface area contributed by atoms with Gasteiger partial charge in [-0.1, -0.05) is 13.0 Å². The summed E-state index contributed by atoms with van der Waals surface area (Å²) in [6, 6.07) is 0. The summed E-state index contributed by atoms with van der Waals surface area (Å²) in [6.07, 6.45) is 2.51. The van der Waals surface area contributed by atoms with E-state index in [4.69, 9.17) is 10.2 Å². The largest absolute Gasteiger partial charge is 0.443 e. The normalized spacial score (nSPS) is 11.5. The molecule has 0 spiro atoms. The molecule has 0 amide bonds. The van der Waals surface area contributed by atoms with Crippen molar-refractivity contribution in [3.63, 3.8) is 0 Å². The van der Waals surface area contributed by atoms with Crippen molar-refractivity contribution >= 4 is 5.96 Å². The second kappa shape index (κ2) is 5.95. The van der Waals surface area contributed by atoms with E-state index in [-0.39, 0.29) is 0 Å². The van der Waals surface area contributed by atoms with E-state index in [1.165, 1.54) is 0 Å². The number of guanidine groups is 1. The number of rotatable bonds is 5. The molecule has 0 fully saturated rings. The minimum Gasteiger partial charge on any atom is -0.443 e. The lowest BCUT2D eigenvalue weighted by Crippen LogP contribution is -2.31. The molecule has 0 aromatic carbocycles. The Balaban J connectivity index is 2.58. The second-order valence-corrected chi connectivity index (χ2v) is 3.34. The number of aromatic nitrogens is 1. The van der Waals surface area contributed by atoms with Crippen LogP contribution in [0.25, 0.3) is 0 Å². The SMILES string of the molecule is C=CCNC(N)=NCc1oc(CC)nc1C. The van der Waals surface area contributed by atoms with E-state index in [0.29, 0.717) is 19.0 Å². The molecule has 0 atom stereocenters. The van der Waals surface area contributed by atoms with E-state index < -0.39 is 0 Å². The van der Waals surface area contributed by atoms with Crippen molar-refractivity contribution in [3.8, 4) is 0 Å². The third-order valence-corrected chi connectivity index (χ3v) is 2.06. The summed E-state index contributed by atoms with van der Waals surface area (Å²) in [5.41, 5.74) is 6.50. The highest BCUT2D eigenvalue weighted by molar-refractivity contribution is 5.77. The third-order valence-electron chi connectivity index (χ3n) is 2.06. The minimum atomic E-state index is 0.383. The predicted octanol–water partition coefficient (Wildman–Crippen LogP) is 1.14. The van der Waals surface area contributed by atoms with Crippen LogP contribution in [-0.2, 0) is 13.0 Å². The summed E-state index contributed by atoms with van der Waals surface area (Å²) in [5, 5.41) is 2.89. The lowest BCUT2D eigenvalue weighted by molar-refractivity contribution is 0.460. The fourth-order valence-electron chi connectivity index (χ4n) is 1.18. The molecule has 0 saturated heterocycles. The van der Waals surface area contributed by atoms with Crippen LogP contribution in [0.3, 0.4) is 0 Å². The molecule has 3 N–H and O–H groups in total. The minimum absolute atomic E-state index is 0.383. The fourth-order valence-corrected chi connectivity index (χ4v) is 1.18. The van der Waals surface area contributed by atoms with Gasteiger partial charge < -0.3 is 15.5 Å². The highest BCUT2D eigenvalue weighted by Gasteiger charge is 2.07. The van der Waals surface area contributed by atoms with Gasteiger partial charge in [-0.15, -0.1) is 6.58 Å². The average Bonchev–Trinajstić information content (AvgIpc) is 2.64. The first-order chi connectivity index (χ1) is 7.67. The maximum absolute atomic E-state index is 5.63. The molecular weight excluding hydrogens is 204 g/mol.